The highest BCUT2D eigenvalue weighted by atomic mass is 35.5. The monoisotopic (exact) mass is 306 g/mol. The quantitative estimate of drug-likeness (QED) is 0.417. The molecule has 0 amide bonds. The largest absolute Gasteiger partial charge is 0.314 e. The third-order valence-corrected chi connectivity index (χ3v) is 4.07. The first-order chi connectivity index (χ1) is 8.97. The maximum absolute atomic E-state index is 12.0. The van der Waals surface area contributed by atoms with Gasteiger partial charge in [0.2, 0.25) is 0 Å². The summed E-state index contributed by atoms with van der Waals surface area (Å²) in [7, 11) is 0.128. The summed E-state index contributed by atoms with van der Waals surface area (Å²) in [4.78, 5) is 5.88. The summed E-state index contributed by atoms with van der Waals surface area (Å²) in [6, 6.07) is 3.27. The molecule has 0 aliphatic rings. The van der Waals surface area contributed by atoms with Gasteiger partial charge in [-0.3, -0.25) is 4.18 Å². The molecule has 1 rings (SSSR count). The molecule has 0 N–H and O–H groups in total. The van der Waals surface area contributed by atoms with Gasteiger partial charge >= 0.3 is 10.1 Å². The van der Waals surface area contributed by atoms with Crippen molar-refractivity contribution in [1.29, 1.82) is 0 Å². The van der Waals surface area contributed by atoms with Crippen molar-refractivity contribution in [2.45, 2.75) is 23.7 Å². The molecule has 0 atom stereocenters. The second-order valence-electron chi connectivity index (χ2n) is 4.39. The molecule has 0 aromatic carbocycles. The Bertz CT molecular complexity index is 492. The molecule has 1 heterocycles. The van der Waals surface area contributed by atoms with Crippen molar-refractivity contribution in [3.8, 4) is 0 Å². The Morgan fingerprint density at radius 2 is 2.11 bits per heavy atom. The third-order valence-electron chi connectivity index (χ3n) is 2.47. The number of unbranched alkanes of at least 4 members (excludes halogenated alkanes) is 1. The van der Waals surface area contributed by atoms with Crippen molar-refractivity contribution in [2.75, 3.05) is 27.2 Å². The van der Waals surface area contributed by atoms with Gasteiger partial charge in [-0.2, -0.15) is 8.42 Å². The minimum absolute atomic E-state index is 0.0855. The average Bonchev–Trinajstić information content (AvgIpc) is 2.37. The van der Waals surface area contributed by atoms with E-state index in [1.54, 1.807) is 12.1 Å². The van der Waals surface area contributed by atoms with Crippen LogP contribution in [0.5, 0.6) is 0 Å². The van der Waals surface area contributed by atoms with E-state index in [0.29, 0.717) is 12.0 Å². The summed E-state index contributed by atoms with van der Waals surface area (Å²) >= 11 is 5.69. The SMILES string of the molecule is CN(C)CCCCOS(=O)(=O)c1ncccc1CCl. The number of aromatic nitrogens is 1. The minimum atomic E-state index is -3.81. The van der Waals surface area contributed by atoms with Gasteiger partial charge in [-0.25, -0.2) is 4.98 Å². The fourth-order valence-electron chi connectivity index (χ4n) is 1.51. The van der Waals surface area contributed by atoms with Crippen molar-refractivity contribution in [1.82, 2.24) is 9.88 Å². The van der Waals surface area contributed by atoms with Crippen molar-refractivity contribution in [3.63, 3.8) is 0 Å². The first-order valence-electron chi connectivity index (χ1n) is 6.01. The summed E-state index contributed by atoms with van der Waals surface area (Å²) in [6.45, 7) is 1.06. The van der Waals surface area contributed by atoms with Crippen molar-refractivity contribution >= 4 is 21.7 Å². The van der Waals surface area contributed by atoms with Crippen molar-refractivity contribution in [2.24, 2.45) is 0 Å². The smallest absolute Gasteiger partial charge is 0.309 e. The Morgan fingerprint density at radius 1 is 1.37 bits per heavy atom. The minimum Gasteiger partial charge on any atom is -0.309 e. The molecular formula is C12H19ClN2O3S. The zero-order valence-electron chi connectivity index (χ0n) is 11.2. The van der Waals surface area contributed by atoms with Crippen LogP contribution >= 0.6 is 11.6 Å². The highest BCUT2D eigenvalue weighted by molar-refractivity contribution is 7.86. The molecule has 0 unspecified atom stereocenters. The van der Waals surface area contributed by atoms with Crippen LogP contribution in [0.4, 0.5) is 0 Å². The topological polar surface area (TPSA) is 59.5 Å². The van der Waals surface area contributed by atoms with Crippen LogP contribution in [0.15, 0.2) is 23.4 Å². The predicted molar refractivity (Wildman–Crippen MR) is 74.7 cm³/mol. The van der Waals surface area contributed by atoms with Gasteiger partial charge in [-0.05, 0) is 39.5 Å². The van der Waals surface area contributed by atoms with E-state index in [9.17, 15) is 8.42 Å². The number of rotatable bonds is 8. The van der Waals surface area contributed by atoms with Crippen molar-refractivity contribution in [3.05, 3.63) is 23.9 Å². The van der Waals surface area contributed by atoms with Gasteiger partial charge in [0.25, 0.3) is 0 Å². The van der Waals surface area contributed by atoms with E-state index in [1.807, 2.05) is 19.0 Å². The second-order valence-corrected chi connectivity index (χ2v) is 6.19. The Balaban J connectivity index is 2.56. The van der Waals surface area contributed by atoms with Crippen LogP contribution in [0, 0.1) is 0 Å². The Labute approximate surface area is 119 Å². The molecule has 0 aliphatic heterocycles. The van der Waals surface area contributed by atoms with E-state index in [0.717, 1.165) is 13.0 Å². The van der Waals surface area contributed by atoms with E-state index >= 15 is 0 Å². The standard InChI is InChI=1S/C12H19ClN2O3S/c1-15(2)8-3-4-9-18-19(16,17)12-11(10-13)6-5-7-14-12/h5-7H,3-4,8-10H2,1-2H3. The predicted octanol–water partition coefficient (Wildman–Crippen LogP) is 1.87. The molecule has 0 fully saturated rings. The Morgan fingerprint density at radius 3 is 2.74 bits per heavy atom. The molecular weight excluding hydrogens is 288 g/mol. The van der Waals surface area contributed by atoms with E-state index in [1.165, 1.54) is 6.20 Å². The molecule has 19 heavy (non-hydrogen) atoms. The number of hydrogen-bond donors (Lipinski definition) is 0. The van der Waals surface area contributed by atoms with E-state index in [-0.39, 0.29) is 17.5 Å². The van der Waals surface area contributed by atoms with Gasteiger partial charge in [0, 0.05) is 11.8 Å². The highest BCUT2D eigenvalue weighted by Gasteiger charge is 2.20. The molecule has 0 bridgehead atoms. The maximum Gasteiger partial charge on any atom is 0.314 e. The zero-order chi connectivity index (χ0) is 14.3. The van der Waals surface area contributed by atoms with Crippen LogP contribution < -0.4 is 0 Å². The van der Waals surface area contributed by atoms with Crippen LogP contribution in [0.1, 0.15) is 18.4 Å². The number of pyridine rings is 1. The second kappa shape index (κ2) is 7.79. The van der Waals surface area contributed by atoms with E-state index < -0.39 is 10.1 Å². The molecule has 0 spiro atoms. The molecule has 0 radical (unpaired) electrons. The molecule has 7 heteroatoms. The van der Waals surface area contributed by atoms with Crippen LogP contribution in [-0.2, 0) is 20.2 Å². The molecule has 108 valence electrons. The molecule has 1 aromatic rings. The summed E-state index contributed by atoms with van der Waals surface area (Å²) in [5.74, 6) is 0.0897. The summed E-state index contributed by atoms with van der Waals surface area (Å²) in [5, 5.41) is -0.0855. The fourth-order valence-corrected chi connectivity index (χ4v) is 2.90. The normalized spacial score (nSPS) is 12.0. The molecule has 0 aliphatic carbocycles. The highest BCUT2D eigenvalue weighted by Crippen LogP contribution is 2.17. The van der Waals surface area contributed by atoms with Gasteiger partial charge in [0.15, 0.2) is 5.03 Å². The number of nitrogens with zero attached hydrogens (tertiary/aromatic N) is 2. The molecule has 1 aromatic heterocycles. The third kappa shape index (κ3) is 5.44. The summed E-state index contributed by atoms with van der Waals surface area (Å²) in [5.41, 5.74) is 0.456. The lowest BCUT2D eigenvalue weighted by atomic mass is 10.3. The Kier molecular flexibility index (Phi) is 6.71. The summed E-state index contributed by atoms with van der Waals surface area (Å²) in [6.07, 6.45) is 2.98. The van der Waals surface area contributed by atoms with Gasteiger partial charge in [-0.1, -0.05) is 6.07 Å². The first kappa shape index (κ1) is 16.4. The lowest BCUT2D eigenvalue weighted by Crippen LogP contribution is -2.15. The van der Waals surface area contributed by atoms with Gasteiger partial charge < -0.3 is 4.90 Å². The van der Waals surface area contributed by atoms with Crippen LogP contribution in [0.3, 0.4) is 0 Å². The van der Waals surface area contributed by atoms with Crippen LogP contribution in [0.25, 0.3) is 0 Å². The first-order valence-corrected chi connectivity index (χ1v) is 7.95. The fraction of sp³-hybridized carbons (Fsp3) is 0.583. The Hall–Kier alpha value is -0.690. The molecule has 5 nitrogen and oxygen atoms in total. The van der Waals surface area contributed by atoms with Gasteiger partial charge in [-0.15, -0.1) is 11.6 Å². The van der Waals surface area contributed by atoms with E-state index in [2.05, 4.69) is 4.98 Å². The number of hydrogen-bond acceptors (Lipinski definition) is 5. The average molecular weight is 307 g/mol. The number of halogens is 1. The van der Waals surface area contributed by atoms with Gasteiger partial charge in [0.05, 0.1) is 12.5 Å². The van der Waals surface area contributed by atoms with Gasteiger partial charge in [0.1, 0.15) is 0 Å². The van der Waals surface area contributed by atoms with Crippen LogP contribution in [-0.4, -0.2) is 45.5 Å². The van der Waals surface area contributed by atoms with Crippen molar-refractivity contribution < 1.29 is 12.6 Å². The zero-order valence-corrected chi connectivity index (χ0v) is 12.7. The van der Waals surface area contributed by atoms with E-state index in [4.69, 9.17) is 15.8 Å². The van der Waals surface area contributed by atoms with Crippen LogP contribution in [0.2, 0.25) is 0 Å². The summed E-state index contributed by atoms with van der Waals surface area (Å²) < 4.78 is 28.9. The maximum atomic E-state index is 12.0. The molecule has 0 saturated carbocycles. The lowest BCUT2D eigenvalue weighted by molar-refractivity contribution is 0.294. The molecule has 0 saturated heterocycles. The number of alkyl halides is 1. The lowest BCUT2D eigenvalue weighted by Gasteiger charge is -2.10.